The van der Waals surface area contributed by atoms with Gasteiger partial charge >= 0.3 is 0 Å². The van der Waals surface area contributed by atoms with Crippen LogP contribution in [0.25, 0.3) is 0 Å². The Morgan fingerprint density at radius 1 is 1.24 bits per heavy atom. The summed E-state index contributed by atoms with van der Waals surface area (Å²) in [4.78, 5) is 0. The van der Waals surface area contributed by atoms with E-state index in [-0.39, 0.29) is 12.0 Å². The molecule has 4 heteroatoms. The van der Waals surface area contributed by atoms with Crippen LogP contribution in [0, 0.1) is 0 Å². The first kappa shape index (κ1) is 17.8. The summed E-state index contributed by atoms with van der Waals surface area (Å²) in [6.45, 7) is 11.3. The lowest BCUT2D eigenvalue weighted by Crippen LogP contribution is -2.35. The number of methoxy groups -OCH3 is 1. The van der Waals surface area contributed by atoms with Crippen molar-refractivity contribution in [2.75, 3.05) is 20.3 Å². The fourth-order valence-corrected chi connectivity index (χ4v) is 1.96. The molecule has 0 amide bonds. The molecule has 0 aromatic heterocycles. The number of benzene rings is 1. The van der Waals surface area contributed by atoms with Gasteiger partial charge in [0, 0.05) is 18.2 Å². The summed E-state index contributed by atoms with van der Waals surface area (Å²) in [5.41, 5.74) is 1.02. The fourth-order valence-electron chi connectivity index (χ4n) is 1.96. The Kier molecular flexibility index (Phi) is 6.49. The van der Waals surface area contributed by atoms with Gasteiger partial charge in [0.1, 0.15) is 24.2 Å². The number of hydrogen-bond donors (Lipinski definition) is 2. The Labute approximate surface area is 128 Å². The zero-order valence-electron chi connectivity index (χ0n) is 14.1. The highest BCUT2D eigenvalue weighted by molar-refractivity contribution is 5.44. The second kappa shape index (κ2) is 7.66. The van der Waals surface area contributed by atoms with Crippen LogP contribution >= 0.6 is 0 Å². The molecule has 1 rings (SSSR count). The van der Waals surface area contributed by atoms with Gasteiger partial charge in [-0.25, -0.2) is 0 Å². The average Bonchev–Trinajstić information content (AvgIpc) is 2.41. The van der Waals surface area contributed by atoms with Crippen LogP contribution in [0.15, 0.2) is 18.2 Å². The van der Waals surface area contributed by atoms with Crippen LogP contribution in [0.4, 0.5) is 0 Å². The van der Waals surface area contributed by atoms with Crippen molar-refractivity contribution in [3.63, 3.8) is 0 Å². The highest BCUT2D eigenvalue weighted by Crippen LogP contribution is 2.34. The van der Waals surface area contributed by atoms with Crippen molar-refractivity contribution in [1.29, 1.82) is 0 Å². The van der Waals surface area contributed by atoms with E-state index in [0.717, 1.165) is 17.1 Å². The zero-order chi connectivity index (χ0) is 16.0. The molecule has 0 aliphatic heterocycles. The summed E-state index contributed by atoms with van der Waals surface area (Å²) in [7, 11) is 1.66. The maximum absolute atomic E-state index is 9.94. The molecule has 0 fully saturated rings. The van der Waals surface area contributed by atoms with Crippen molar-refractivity contribution < 1.29 is 14.6 Å². The van der Waals surface area contributed by atoms with Crippen LogP contribution in [0.1, 0.15) is 40.2 Å². The summed E-state index contributed by atoms with van der Waals surface area (Å²) in [6, 6.07) is 6.13. The molecule has 2 N–H and O–H groups in total. The fraction of sp³-hybridized carbons (Fsp3) is 0.647. The maximum Gasteiger partial charge on any atom is 0.123 e. The van der Waals surface area contributed by atoms with Crippen LogP contribution in [0.5, 0.6) is 11.5 Å². The molecule has 1 aromatic carbocycles. The third-order valence-electron chi connectivity index (χ3n) is 3.19. The molecule has 0 saturated heterocycles. The molecule has 0 saturated carbocycles. The van der Waals surface area contributed by atoms with E-state index in [1.807, 2.05) is 18.2 Å². The maximum atomic E-state index is 9.94. The van der Waals surface area contributed by atoms with E-state index in [9.17, 15) is 5.11 Å². The number of ether oxygens (including phenoxy) is 2. The second-order valence-corrected chi connectivity index (χ2v) is 6.64. The standard InChI is InChI=1S/C17H29NO3/c1-12(2)18-10-13(19)11-21-16-8-7-14(20-6)9-15(16)17(3,4)5/h7-9,12-13,18-19H,10-11H2,1-6H3/t13-/m0/s1. The van der Waals surface area contributed by atoms with E-state index in [2.05, 4.69) is 39.9 Å². The molecular formula is C17H29NO3. The van der Waals surface area contributed by atoms with E-state index in [0.29, 0.717) is 12.6 Å². The van der Waals surface area contributed by atoms with E-state index < -0.39 is 6.10 Å². The summed E-state index contributed by atoms with van der Waals surface area (Å²) < 4.78 is 11.1. The molecule has 0 radical (unpaired) electrons. The molecule has 0 aliphatic rings. The minimum Gasteiger partial charge on any atom is -0.497 e. The first-order valence-electron chi connectivity index (χ1n) is 7.46. The molecule has 120 valence electrons. The molecule has 0 spiro atoms. The van der Waals surface area contributed by atoms with Crippen molar-refractivity contribution in [2.45, 2.75) is 52.2 Å². The number of nitrogens with one attached hydrogen (secondary N) is 1. The minimum absolute atomic E-state index is 0.0506. The second-order valence-electron chi connectivity index (χ2n) is 6.64. The van der Waals surface area contributed by atoms with E-state index >= 15 is 0 Å². The molecule has 1 aromatic rings. The van der Waals surface area contributed by atoms with Crippen molar-refractivity contribution in [2.24, 2.45) is 0 Å². The van der Waals surface area contributed by atoms with Gasteiger partial charge in [0.25, 0.3) is 0 Å². The minimum atomic E-state index is -0.526. The van der Waals surface area contributed by atoms with Gasteiger partial charge in [-0.2, -0.15) is 0 Å². The van der Waals surface area contributed by atoms with Crippen molar-refractivity contribution in [3.05, 3.63) is 23.8 Å². The highest BCUT2D eigenvalue weighted by Gasteiger charge is 2.20. The van der Waals surface area contributed by atoms with Crippen molar-refractivity contribution in [1.82, 2.24) is 5.32 Å². The quantitative estimate of drug-likeness (QED) is 0.812. The normalized spacial score (nSPS) is 13.3. The summed E-state index contributed by atoms with van der Waals surface area (Å²) in [6.07, 6.45) is -0.526. The summed E-state index contributed by atoms with van der Waals surface area (Å²) in [5, 5.41) is 13.1. The number of aliphatic hydroxyl groups is 1. The van der Waals surface area contributed by atoms with Gasteiger partial charge in [-0.1, -0.05) is 34.6 Å². The van der Waals surface area contributed by atoms with Gasteiger partial charge in [0.2, 0.25) is 0 Å². The van der Waals surface area contributed by atoms with Gasteiger partial charge in [0.05, 0.1) is 7.11 Å². The van der Waals surface area contributed by atoms with E-state index in [1.54, 1.807) is 7.11 Å². The van der Waals surface area contributed by atoms with E-state index in [4.69, 9.17) is 9.47 Å². The first-order valence-corrected chi connectivity index (χ1v) is 7.46. The summed E-state index contributed by atoms with van der Waals surface area (Å²) in [5.74, 6) is 1.61. The Hall–Kier alpha value is -1.26. The monoisotopic (exact) mass is 295 g/mol. The topological polar surface area (TPSA) is 50.7 Å². The Morgan fingerprint density at radius 3 is 2.43 bits per heavy atom. The Morgan fingerprint density at radius 2 is 1.90 bits per heavy atom. The van der Waals surface area contributed by atoms with Crippen LogP contribution < -0.4 is 14.8 Å². The first-order chi connectivity index (χ1) is 9.74. The lowest BCUT2D eigenvalue weighted by molar-refractivity contribution is 0.103. The molecule has 1 atom stereocenters. The van der Waals surface area contributed by atoms with Gasteiger partial charge in [0.15, 0.2) is 0 Å². The predicted octanol–water partition coefficient (Wildman–Crippen LogP) is 2.73. The lowest BCUT2D eigenvalue weighted by Gasteiger charge is -2.24. The third-order valence-corrected chi connectivity index (χ3v) is 3.19. The molecule has 21 heavy (non-hydrogen) atoms. The zero-order valence-corrected chi connectivity index (χ0v) is 14.1. The van der Waals surface area contributed by atoms with Gasteiger partial charge in [-0.15, -0.1) is 0 Å². The molecule has 0 unspecified atom stereocenters. The number of hydrogen-bond acceptors (Lipinski definition) is 4. The SMILES string of the molecule is COc1ccc(OC[C@@H](O)CNC(C)C)c(C(C)(C)C)c1. The molecule has 0 bridgehead atoms. The molecule has 0 heterocycles. The van der Waals surface area contributed by atoms with Gasteiger partial charge < -0.3 is 19.9 Å². The van der Waals surface area contributed by atoms with Crippen molar-refractivity contribution in [3.8, 4) is 11.5 Å². The predicted molar refractivity (Wildman–Crippen MR) is 86.3 cm³/mol. The van der Waals surface area contributed by atoms with E-state index in [1.165, 1.54) is 0 Å². The largest absolute Gasteiger partial charge is 0.497 e. The lowest BCUT2D eigenvalue weighted by atomic mass is 9.86. The number of aliphatic hydroxyl groups excluding tert-OH is 1. The van der Waals surface area contributed by atoms with Crippen LogP contribution in [0.2, 0.25) is 0 Å². The number of rotatable bonds is 7. The van der Waals surface area contributed by atoms with Crippen molar-refractivity contribution >= 4 is 0 Å². The summed E-state index contributed by atoms with van der Waals surface area (Å²) >= 11 is 0. The van der Waals surface area contributed by atoms with Crippen LogP contribution in [0.3, 0.4) is 0 Å². The average molecular weight is 295 g/mol. The Bertz CT molecular complexity index is 438. The van der Waals surface area contributed by atoms with Gasteiger partial charge in [-0.3, -0.25) is 0 Å². The highest BCUT2D eigenvalue weighted by atomic mass is 16.5. The Balaban J connectivity index is 2.74. The molecule has 0 aliphatic carbocycles. The van der Waals surface area contributed by atoms with Crippen LogP contribution in [-0.4, -0.2) is 37.5 Å². The van der Waals surface area contributed by atoms with Crippen LogP contribution in [-0.2, 0) is 5.41 Å². The molecule has 4 nitrogen and oxygen atoms in total. The smallest absolute Gasteiger partial charge is 0.123 e. The molecular weight excluding hydrogens is 266 g/mol. The third kappa shape index (κ3) is 5.94. The van der Waals surface area contributed by atoms with Gasteiger partial charge in [-0.05, 0) is 23.6 Å².